The van der Waals surface area contributed by atoms with E-state index in [4.69, 9.17) is 23.2 Å². The van der Waals surface area contributed by atoms with Crippen LogP contribution in [0.25, 0.3) is 0 Å². The summed E-state index contributed by atoms with van der Waals surface area (Å²) < 4.78 is 25.5. The van der Waals surface area contributed by atoms with Crippen LogP contribution >= 0.6 is 23.2 Å². The van der Waals surface area contributed by atoms with E-state index in [1.54, 1.807) is 12.1 Å². The van der Waals surface area contributed by atoms with Gasteiger partial charge in [0.25, 0.3) is 0 Å². The second-order valence-electron chi connectivity index (χ2n) is 6.20. The molecule has 4 nitrogen and oxygen atoms in total. The number of nitrogens with one attached hydrogen (secondary N) is 1. The molecule has 7 heteroatoms. The molecule has 1 aliphatic heterocycles. The quantitative estimate of drug-likeness (QED) is 0.871. The lowest BCUT2D eigenvalue weighted by Crippen LogP contribution is -2.31. The molecule has 1 aliphatic rings. The summed E-state index contributed by atoms with van der Waals surface area (Å²) in [7, 11) is -1.27. The molecular formula is C17H18Cl2N2O2S. The standard InChI is InChI=1S/C17H18Cl2N2O2S/c1-21-9-15(14-7-12(18)8-17(19)16(14)10-21)11-4-3-5-13(6-11)20-24(2,22)23/h3-8,15,20H,9-10H2,1-2H3. The minimum atomic E-state index is -3.31. The van der Waals surface area contributed by atoms with Gasteiger partial charge in [-0.05, 0) is 48.0 Å². The van der Waals surface area contributed by atoms with Gasteiger partial charge in [-0.2, -0.15) is 0 Å². The average molecular weight is 385 g/mol. The summed E-state index contributed by atoms with van der Waals surface area (Å²) in [5.74, 6) is 0.0799. The summed E-state index contributed by atoms with van der Waals surface area (Å²) in [5, 5.41) is 1.28. The number of sulfonamides is 1. The molecule has 1 atom stereocenters. The SMILES string of the molecule is CN1Cc2c(Cl)cc(Cl)cc2C(c2cccc(NS(C)(=O)=O)c2)C1. The van der Waals surface area contributed by atoms with E-state index in [2.05, 4.69) is 9.62 Å². The van der Waals surface area contributed by atoms with Crippen molar-refractivity contribution in [2.75, 3.05) is 24.6 Å². The number of halogens is 2. The Labute approximate surface area is 152 Å². The molecule has 0 spiro atoms. The van der Waals surface area contributed by atoms with Crippen LogP contribution < -0.4 is 4.72 Å². The number of hydrogen-bond donors (Lipinski definition) is 1. The van der Waals surface area contributed by atoms with E-state index in [0.717, 1.165) is 36.0 Å². The highest BCUT2D eigenvalue weighted by Gasteiger charge is 2.27. The predicted molar refractivity (Wildman–Crippen MR) is 99.5 cm³/mol. The lowest BCUT2D eigenvalue weighted by atomic mass is 9.84. The molecule has 0 saturated heterocycles. The minimum absolute atomic E-state index is 0.0799. The van der Waals surface area contributed by atoms with E-state index in [1.165, 1.54) is 0 Å². The highest BCUT2D eigenvalue weighted by atomic mass is 35.5. The van der Waals surface area contributed by atoms with Gasteiger partial charge in [-0.15, -0.1) is 0 Å². The fourth-order valence-corrected chi connectivity index (χ4v) is 4.29. The van der Waals surface area contributed by atoms with E-state index in [1.807, 2.05) is 31.3 Å². The third-order valence-corrected chi connectivity index (χ3v) is 5.25. The van der Waals surface area contributed by atoms with Crippen LogP contribution in [0.5, 0.6) is 0 Å². The van der Waals surface area contributed by atoms with Crippen molar-refractivity contribution in [1.82, 2.24) is 4.90 Å². The second kappa shape index (κ2) is 6.56. The molecule has 128 valence electrons. The molecule has 0 saturated carbocycles. The Morgan fingerprint density at radius 3 is 2.67 bits per heavy atom. The van der Waals surface area contributed by atoms with Crippen LogP contribution in [-0.2, 0) is 16.6 Å². The minimum Gasteiger partial charge on any atom is -0.301 e. The van der Waals surface area contributed by atoms with Crippen LogP contribution in [0.4, 0.5) is 5.69 Å². The first kappa shape index (κ1) is 17.5. The van der Waals surface area contributed by atoms with E-state index in [9.17, 15) is 8.42 Å². The highest BCUT2D eigenvalue weighted by molar-refractivity contribution is 7.92. The Morgan fingerprint density at radius 1 is 1.21 bits per heavy atom. The molecule has 0 bridgehead atoms. The van der Waals surface area contributed by atoms with Crippen molar-refractivity contribution in [3.8, 4) is 0 Å². The van der Waals surface area contributed by atoms with Gasteiger partial charge in [-0.25, -0.2) is 8.42 Å². The third kappa shape index (κ3) is 3.86. The summed E-state index contributed by atoms with van der Waals surface area (Å²) in [6.45, 7) is 1.58. The number of fused-ring (bicyclic) bond motifs is 1. The molecule has 0 aliphatic carbocycles. The molecule has 1 unspecified atom stereocenters. The van der Waals surface area contributed by atoms with E-state index in [-0.39, 0.29) is 5.92 Å². The first-order chi connectivity index (χ1) is 11.2. The van der Waals surface area contributed by atoms with Gasteiger partial charge in [0.1, 0.15) is 0 Å². The van der Waals surface area contributed by atoms with Crippen LogP contribution in [0.1, 0.15) is 22.6 Å². The summed E-state index contributed by atoms with van der Waals surface area (Å²) >= 11 is 12.6. The normalized spacial score (nSPS) is 18.2. The molecule has 1 N–H and O–H groups in total. The predicted octanol–water partition coefficient (Wildman–Crippen LogP) is 3.94. The maximum Gasteiger partial charge on any atom is 0.229 e. The zero-order valence-electron chi connectivity index (χ0n) is 13.4. The highest BCUT2D eigenvalue weighted by Crippen LogP contribution is 2.38. The maximum absolute atomic E-state index is 11.5. The number of rotatable bonds is 3. The summed E-state index contributed by atoms with van der Waals surface area (Å²) in [4.78, 5) is 2.20. The van der Waals surface area contributed by atoms with Crippen LogP contribution in [0.15, 0.2) is 36.4 Å². The molecule has 24 heavy (non-hydrogen) atoms. The van der Waals surface area contributed by atoms with Crippen molar-refractivity contribution in [2.45, 2.75) is 12.5 Å². The first-order valence-electron chi connectivity index (χ1n) is 7.47. The Morgan fingerprint density at radius 2 is 1.96 bits per heavy atom. The van der Waals surface area contributed by atoms with Gasteiger partial charge in [0.15, 0.2) is 0 Å². The van der Waals surface area contributed by atoms with Gasteiger partial charge in [0, 0.05) is 34.7 Å². The zero-order chi connectivity index (χ0) is 17.5. The lowest BCUT2D eigenvalue weighted by molar-refractivity contribution is 0.295. The van der Waals surface area contributed by atoms with Gasteiger partial charge >= 0.3 is 0 Å². The van der Waals surface area contributed by atoms with Gasteiger partial charge in [0.05, 0.1) is 6.26 Å². The van der Waals surface area contributed by atoms with Crippen molar-refractivity contribution in [1.29, 1.82) is 0 Å². The maximum atomic E-state index is 11.5. The Hall–Kier alpha value is -1.27. The number of benzene rings is 2. The summed E-state index contributed by atoms with van der Waals surface area (Å²) in [6, 6.07) is 11.2. The largest absolute Gasteiger partial charge is 0.301 e. The molecule has 0 aromatic heterocycles. The number of nitrogens with zero attached hydrogens (tertiary/aromatic N) is 1. The number of anilines is 1. The number of hydrogen-bond acceptors (Lipinski definition) is 3. The average Bonchev–Trinajstić information content (AvgIpc) is 2.46. The summed E-state index contributed by atoms with van der Waals surface area (Å²) in [5.41, 5.74) is 3.75. The van der Waals surface area contributed by atoms with Gasteiger partial charge < -0.3 is 4.90 Å². The molecule has 1 heterocycles. The van der Waals surface area contributed by atoms with E-state index in [0.29, 0.717) is 15.7 Å². The smallest absolute Gasteiger partial charge is 0.229 e. The fraction of sp³-hybridized carbons (Fsp3) is 0.294. The van der Waals surface area contributed by atoms with Crippen LogP contribution in [0.3, 0.4) is 0 Å². The van der Waals surface area contributed by atoms with Crippen molar-refractivity contribution >= 4 is 38.9 Å². The molecule has 2 aromatic rings. The van der Waals surface area contributed by atoms with Gasteiger partial charge in [0.2, 0.25) is 10.0 Å². The molecule has 0 fully saturated rings. The van der Waals surface area contributed by atoms with Crippen molar-refractivity contribution in [3.63, 3.8) is 0 Å². The molecule has 0 amide bonds. The van der Waals surface area contributed by atoms with Crippen LogP contribution in [0, 0.1) is 0 Å². The molecular weight excluding hydrogens is 367 g/mol. The topological polar surface area (TPSA) is 49.4 Å². The molecule has 2 aromatic carbocycles. The van der Waals surface area contributed by atoms with E-state index >= 15 is 0 Å². The summed E-state index contributed by atoms with van der Waals surface area (Å²) in [6.07, 6.45) is 1.14. The van der Waals surface area contributed by atoms with E-state index < -0.39 is 10.0 Å². The van der Waals surface area contributed by atoms with Crippen LogP contribution in [-0.4, -0.2) is 33.2 Å². The first-order valence-corrected chi connectivity index (χ1v) is 10.1. The monoisotopic (exact) mass is 384 g/mol. The van der Waals surface area contributed by atoms with Crippen LogP contribution in [0.2, 0.25) is 10.0 Å². The Balaban J connectivity index is 2.06. The van der Waals surface area contributed by atoms with Gasteiger partial charge in [-0.3, -0.25) is 4.72 Å². The second-order valence-corrected chi connectivity index (χ2v) is 8.80. The third-order valence-electron chi connectivity index (χ3n) is 4.08. The Kier molecular flexibility index (Phi) is 4.80. The lowest BCUT2D eigenvalue weighted by Gasteiger charge is -2.33. The molecule has 0 radical (unpaired) electrons. The fourth-order valence-electron chi connectivity index (χ4n) is 3.16. The number of likely N-dealkylation sites (N-methyl/N-ethyl adjacent to an activating group) is 1. The Bertz CT molecular complexity index is 884. The van der Waals surface area contributed by atoms with Gasteiger partial charge in [-0.1, -0.05) is 35.3 Å². The van der Waals surface area contributed by atoms with Crippen molar-refractivity contribution in [3.05, 3.63) is 63.1 Å². The van der Waals surface area contributed by atoms with Crippen molar-refractivity contribution < 1.29 is 8.42 Å². The molecule has 3 rings (SSSR count). The van der Waals surface area contributed by atoms with Crippen molar-refractivity contribution in [2.24, 2.45) is 0 Å². The zero-order valence-corrected chi connectivity index (χ0v) is 15.7.